The second kappa shape index (κ2) is 10.4. The van der Waals surface area contributed by atoms with Crippen molar-refractivity contribution in [1.82, 2.24) is 4.90 Å². The van der Waals surface area contributed by atoms with E-state index < -0.39 is 6.23 Å². The molecule has 1 aliphatic carbocycles. The Bertz CT molecular complexity index is 876. The van der Waals surface area contributed by atoms with Crippen LogP contribution in [0.2, 0.25) is 0 Å². The summed E-state index contributed by atoms with van der Waals surface area (Å²) in [6, 6.07) is 16.2. The summed E-state index contributed by atoms with van der Waals surface area (Å²) in [5.74, 6) is 0.616. The van der Waals surface area contributed by atoms with Crippen molar-refractivity contribution in [3.8, 4) is 0 Å². The molecule has 1 aliphatic heterocycles. The van der Waals surface area contributed by atoms with Crippen LogP contribution >= 0.6 is 0 Å². The third-order valence-corrected chi connectivity index (χ3v) is 6.89. The average molecular weight is 437 g/mol. The van der Waals surface area contributed by atoms with Gasteiger partial charge in [0, 0.05) is 48.2 Å². The van der Waals surface area contributed by atoms with Crippen LogP contribution in [0.15, 0.2) is 48.5 Å². The van der Waals surface area contributed by atoms with E-state index in [9.17, 15) is 9.90 Å². The molecule has 32 heavy (non-hydrogen) atoms. The van der Waals surface area contributed by atoms with Gasteiger partial charge in [0.25, 0.3) is 0 Å². The molecule has 0 spiro atoms. The van der Waals surface area contributed by atoms with Gasteiger partial charge in [-0.1, -0.05) is 25.0 Å². The number of rotatable bonds is 8. The topological polar surface area (TPSA) is 67.8 Å². The van der Waals surface area contributed by atoms with Gasteiger partial charge in [0.1, 0.15) is 0 Å². The lowest BCUT2D eigenvalue weighted by Gasteiger charge is -2.22. The van der Waals surface area contributed by atoms with Gasteiger partial charge in [-0.2, -0.15) is 0 Å². The summed E-state index contributed by atoms with van der Waals surface area (Å²) in [5, 5.41) is 16.7. The van der Waals surface area contributed by atoms with Gasteiger partial charge in [-0.15, -0.1) is 0 Å². The second-order valence-electron chi connectivity index (χ2n) is 9.47. The second-order valence-corrected chi connectivity index (χ2v) is 9.47. The molecule has 0 aromatic heterocycles. The van der Waals surface area contributed by atoms with Crippen LogP contribution in [-0.4, -0.2) is 49.1 Å². The van der Waals surface area contributed by atoms with E-state index in [0.29, 0.717) is 18.4 Å². The molecular formula is C26H36N4O2. The number of carbonyl (C=O) groups is 1. The maximum absolute atomic E-state index is 12.2. The van der Waals surface area contributed by atoms with Gasteiger partial charge >= 0.3 is 0 Å². The molecule has 4 rings (SSSR count). The summed E-state index contributed by atoms with van der Waals surface area (Å²) in [7, 11) is 4.28. The minimum absolute atomic E-state index is 0.0818. The Morgan fingerprint density at radius 3 is 2.31 bits per heavy atom. The molecule has 1 saturated heterocycles. The number of anilines is 3. The zero-order valence-corrected chi connectivity index (χ0v) is 19.3. The molecule has 0 radical (unpaired) electrons. The van der Waals surface area contributed by atoms with E-state index in [1.54, 1.807) is 0 Å². The van der Waals surface area contributed by atoms with Crippen molar-refractivity contribution in [2.24, 2.45) is 5.92 Å². The highest BCUT2D eigenvalue weighted by atomic mass is 16.3. The van der Waals surface area contributed by atoms with Crippen molar-refractivity contribution in [1.29, 1.82) is 0 Å². The summed E-state index contributed by atoms with van der Waals surface area (Å²) in [5.41, 5.74) is 3.62. The fourth-order valence-electron chi connectivity index (χ4n) is 4.84. The predicted octanol–water partition coefficient (Wildman–Crippen LogP) is 4.45. The first-order chi connectivity index (χ1) is 15.5. The lowest BCUT2D eigenvalue weighted by atomic mass is 10.0. The summed E-state index contributed by atoms with van der Waals surface area (Å²) >= 11 is 0. The smallest absolute Gasteiger partial charge is 0.224 e. The zero-order chi connectivity index (χ0) is 22.5. The van der Waals surface area contributed by atoms with Crippen molar-refractivity contribution in [2.75, 3.05) is 42.7 Å². The molecular weight excluding hydrogens is 400 g/mol. The average Bonchev–Trinajstić information content (AvgIpc) is 3.47. The first-order valence-corrected chi connectivity index (χ1v) is 11.8. The normalized spacial score (nSPS) is 20.0. The molecule has 1 heterocycles. The van der Waals surface area contributed by atoms with Crippen molar-refractivity contribution in [3.63, 3.8) is 0 Å². The van der Waals surface area contributed by atoms with Crippen LogP contribution in [0.4, 0.5) is 17.1 Å². The third-order valence-electron chi connectivity index (χ3n) is 6.89. The predicted molar refractivity (Wildman–Crippen MR) is 131 cm³/mol. The SMILES string of the molecule is CN(C)C1CCN(c2ccc(NC(O)c3ccc(NC(=O)CC4CCCC4)cc3)cc2)C1. The minimum Gasteiger partial charge on any atom is -0.370 e. The maximum Gasteiger partial charge on any atom is 0.224 e. The molecule has 3 N–H and O–H groups in total. The molecule has 6 nitrogen and oxygen atoms in total. The minimum atomic E-state index is -0.811. The quantitative estimate of drug-likeness (QED) is 0.534. The lowest BCUT2D eigenvalue weighted by molar-refractivity contribution is -0.117. The van der Waals surface area contributed by atoms with Crippen LogP contribution in [0.3, 0.4) is 0 Å². The summed E-state index contributed by atoms with van der Waals surface area (Å²) in [4.78, 5) is 16.9. The number of hydrogen-bond donors (Lipinski definition) is 3. The Balaban J connectivity index is 1.28. The van der Waals surface area contributed by atoms with Gasteiger partial charge in [-0.3, -0.25) is 4.79 Å². The van der Waals surface area contributed by atoms with Crippen LogP contribution in [-0.2, 0) is 4.79 Å². The number of aliphatic hydroxyl groups is 1. The number of aliphatic hydroxyl groups excluding tert-OH is 1. The highest BCUT2D eigenvalue weighted by Crippen LogP contribution is 2.28. The van der Waals surface area contributed by atoms with E-state index in [1.807, 2.05) is 36.4 Å². The van der Waals surface area contributed by atoms with E-state index in [0.717, 1.165) is 30.0 Å². The molecule has 0 bridgehead atoms. The number of likely N-dealkylation sites (N-methyl/N-ethyl adjacent to an activating group) is 1. The molecule has 2 unspecified atom stereocenters. The molecule has 172 valence electrons. The van der Waals surface area contributed by atoms with Crippen LogP contribution in [0.5, 0.6) is 0 Å². The number of nitrogens with one attached hydrogen (secondary N) is 2. The number of hydrogen-bond acceptors (Lipinski definition) is 5. The summed E-state index contributed by atoms with van der Waals surface area (Å²) in [6.07, 6.45) is 5.80. The van der Waals surface area contributed by atoms with Gasteiger partial charge in [0.15, 0.2) is 6.23 Å². The number of amides is 1. The Hall–Kier alpha value is -2.57. The first-order valence-electron chi connectivity index (χ1n) is 11.8. The lowest BCUT2D eigenvalue weighted by Crippen LogP contribution is -2.31. The summed E-state index contributed by atoms with van der Waals surface area (Å²) in [6.45, 7) is 2.12. The molecule has 1 amide bonds. The van der Waals surface area contributed by atoms with E-state index in [-0.39, 0.29) is 5.91 Å². The van der Waals surface area contributed by atoms with Gasteiger partial charge < -0.3 is 25.5 Å². The zero-order valence-electron chi connectivity index (χ0n) is 19.3. The molecule has 2 aromatic rings. The molecule has 2 fully saturated rings. The molecule has 2 aliphatic rings. The van der Waals surface area contributed by atoms with Crippen LogP contribution < -0.4 is 15.5 Å². The standard InChI is InChI=1S/C26H36N4O2/c1-29(2)24-15-16-30(18-24)23-13-11-22(12-14-23)28-26(32)20-7-9-21(10-8-20)27-25(31)17-19-5-3-4-6-19/h7-14,19,24,26,28,32H,3-6,15-18H2,1-2H3,(H,27,31). The fraction of sp³-hybridized carbons (Fsp3) is 0.500. The van der Waals surface area contributed by atoms with Gasteiger partial charge in [-0.25, -0.2) is 0 Å². The van der Waals surface area contributed by atoms with E-state index in [2.05, 4.69) is 46.7 Å². The van der Waals surface area contributed by atoms with Crippen LogP contribution in [0.25, 0.3) is 0 Å². The Morgan fingerprint density at radius 2 is 1.69 bits per heavy atom. The highest BCUT2D eigenvalue weighted by molar-refractivity contribution is 5.90. The largest absolute Gasteiger partial charge is 0.370 e. The van der Waals surface area contributed by atoms with E-state index >= 15 is 0 Å². The Kier molecular flexibility index (Phi) is 7.33. The number of benzene rings is 2. The van der Waals surface area contributed by atoms with Gasteiger partial charge in [0.2, 0.25) is 5.91 Å². The molecule has 2 aromatic carbocycles. The van der Waals surface area contributed by atoms with Crippen molar-refractivity contribution >= 4 is 23.0 Å². The Labute approximate surface area is 191 Å². The van der Waals surface area contributed by atoms with E-state index in [4.69, 9.17) is 0 Å². The molecule has 2 atom stereocenters. The molecule has 6 heteroatoms. The number of carbonyl (C=O) groups excluding carboxylic acids is 1. The Morgan fingerprint density at radius 1 is 1.03 bits per heavy atom. The van der Waals surface area contributed by atoms with Crippen molar-refractivity contribution in [2.45, 2.75) is 50.8 Å². The fourth-order valence-corrected chi connectivity index (χ4v) is 4.84. The van der Waals surface area contributed by atoms with Crippen molar-refractivity contribution in [3.05, 3.63) is 54.1 Å². The van der Waals surface area contributed by atoms with Gasteiger partial charge in [0.05, 0.1) is 0 Å². The first kappa shape index (κ1) is 22.6. The maximum atomic E-state index is 12.2. The highest BCUT2D eigenvalue weighted by Gasteiger charge is 2.24. The van der Waals surface area contributed by atoms with Gasteiger partial charge in [-0.05, 0) is 75.7 Å². The number of nitrogens with zero attached hydrogens (tertiary/aromatic N) is 2. The molecule has 1 saturated carbocycles. The monoisotopic (exact) mass is 436 g/mol. The van der Waals surface area contributed by atoms with Crippen LogP contribution in [0.1, 0.15) is 50.3 Å². The third kappa shape index (κ3) is 5.81. The summed E-state index contributed by atoms with van der Waals surface area (Å²) < 4.78 is 0. The van der Waals surface area contributed by atoms with Crippen LogP contribution in [0, 0.1) is 5.92 Å². The van der Waals surface area contributed by atoms with E-state index in [1.165, 1.54) is 37.8 Å². The van der Waals surface area contributed by atoms with Crippen molar-refractivity contribution < 1.29 is 9.90 Å².